The van der Waals surface area contributed by atoms with Gasteiger partial charge in [0.2, 0.25) is 4.96 Å². The average Bonchev–Trinajstić information content (AvgIpc) is 2.89. The second kappa shape index (κ2) is 4.64. The largest absolute Gasteiger partial charge is 0.319 e. The maximum atomic E-state index is 12.1. The van der Waals surface area contributed by atoms with E-state index in [2.05, 4.69) is 15.4 Å². The van der Waals surface area contributed by atoms with E-state index in [0.717, 1.165) is 5.01 Å². The average molecular weight is 293 g/mol. The maximum Gasteiger partial charge on any atom is 0.276 e. The number of carbonyl (C=O) groups excluding carboxylic acids is 1. The lowest BCUT2D eigenvalue weighted by Gasteiger charge is -2.04. The van der Waals surface area contributed by atoms with Gasteiger partial charge in [-0.05, 0) is 19.1 Å². The first kappa shape index (κ1) is 12.1. The van der Waals surface area contributed by atoms with E-state index in [1.54, 1.807) is 35.0 Å². The van der Waals surface area contributed by atoms with Crippen molar-refractivity contribution in [2.24, 2.45) is 0 Å². The highest BCUT2D eigenvalue weighted by atomic mass is 35.5. The minimum atomic E-state index is -0.302. The number of aromatic nitrogens is 3. The van der Waals surface area contributed by atoms with Crippen LogP contribution in [0.15, 0.2) is 30.5 Å². The highest BCUT2D eigenvalue weighted by molar-refractivity contribution is 7.16. The number of para-hydroxylation sites is 1. The molecule has 0 radical (unpaired) electrons. The van der Waals surface area contributed by atoms with Crippen LogP contribution in [0.2, 0.25) is 5.02 Å². The van der Waals surface area contributed by atoms with Crippen molar-refractivity contribution in [3.05, 3.63) is 46.2 Å². The Labute approximate surface area is 117 Å². The van der Waals surface area contributed by atoms with E-state index in [9.17, 15) is 4.79 Å². The first-order valence-corrected chi connectivity index (χ1v) is 6.71. The summed E-state index contributed by atoms with van der Waals surface area (Å²) in [6, 6.07) is 7.06. The van der Waals surface area contributed by atoms with Crippen LogP contribution in [0.4, 0.5) is 5.69 Å². The fraction of sp³-hybridized carbons (Fsp3) is 0.0833. The molecule has 0 aliphatic rings. The van der Waals surface area contributed by atoms with Gasteiger partial charge in [0.05, 0.1) is 16.9 Å². The van der Waals surface area contributed by atoms with Crippen molar-refractivity contribution < 1.29 is 4.79 Å². The summed E-state index contributed by atoms with van der Waals surface area (Å²) in [4.78, 5) is 17.0. The molecule has 7 heteroatoms. The molecule has 1 amide bonds. The lowest BCUT2D eigenvalue weighted by molar-refractivity contribution is 0.102. The van der Waals surface area contributed by atoms with Gasteiger partial charge in [-0.1, -0.05) is 35.1 Å². The molecule has 5 nitrogen and oxygen atoms in total. The second-order valence-electron chi connectivity index (χ2n) is 3.91. The number of rotatable bonds is 2. The van der Waals surface area contributed by atoms with Crippen LogP contribution < -0.4 is 5.32 Å². The molecule has 0 atom stereocenters. The Bertz CT molecular complexity index is 733. The number of nitrogens with zero attached hydrogens (tertiary/aromatic N) is 3. The quantitative estimate of drug-likeness (QED) is 0.790. The van der Waals surface area contributed by atoms with Gasteiger partial charge in [-0.3, -0.25) is 4.79 Å². The summed E-state index contributed by atoms with van der Waals surface area (Å²) in [5.74, 6) is -0.302. The number of hydrogen-bond donors (Lipinski definition) is 1. The predicted molar refractivity (Wildman–Crippen MR) is 75.0 cm³/mol. The molecular weight excluding hydrogens is 284 g/mol. The summed E-state index contributed by atoms with van der Waals surface area (Å²) in [6.07, 6.45) is 1.60. The van der Waals surface area contributed by atoms with Crippen LogP contribution in [0, 0.1) is 6.92 Å². The third-order valence-corrected chi connectivity index (χ3v) is 3.67. The zero-order chi connectivity index (χ0) is 13.4. The molecule has 1 aromatic carbocycles. The summed E-state index contributed by atoms with van der Waals surface area (Å²) in [5.41, 5.74) is 0.883. The van der Waals surface area contributed by atoms with Gasteiger partial charge < -0.3 is 5.32 Å². The molecule has 96 valence electrons. The van der Waals surface area contributed by atoms with Gasteiger partial charge in [-0.2, -0.15) is 5.10 Å². The minimum Gasteiger partial charge on any atom is -0.319 e. The van der Waals surface area contributed by atoms with E-state index >= 15 is 0 Å². The minimum absolute atomic E-state index is 0.302. The molecule has 0 aliphatic carbocycles. The van der Waals surface area contributed by atoms with Crippen LogP contribution in [0.1, 0.15) is 15.5 Å². The van der Waals surface area contributed by atoms with Gasteiger partial charge in [0.1, 0.15) is 10.7 Å². The summed E-state index contributed by atoms with van der Waals surface area (Å²) in [7, 11) is 0. The summed E-state index contributed by atoms with van der Waals surface area (Å²) in [5, 5.41) is 8.32. The van der Waals surface area contributed by atoms with Crippen molar-refractivity contribution in [2.75, 3.05) is 5.32 Å². The van der Waals surface area contributed by atoms with Crippen molar-refractivity contribution in [1.82, 2.24) is 14.6 Å². The van der Waals surface area contributed by atoms with E-state index in [1.807, 2.05) is 6.92 Å². The highest BCUT2D eigenvalue weighted by Crippen LogP contribution is 2.21. The molecule has 19 heavy (non-hydrogen) atoms. The Kier molecular flexibility index (Phi) is 2.96. The molecule has 0 bridgehead atoms. The van der Waals surface area contributed by atoms with Crippen molar-refractivity contribution in [3.63, 3.8) is 0 Å². The Hall–Kier alpha value is -1.92. The van der Waals surface area contributed by atoms with Crippen LogP contribution in [0.3, 0.4) is 0 Å². The summed E-state index contributed by atoms with van der Waals surface area (Å²) >= 11 is 7.42. The van der Waals surface area contributed by atoms with Gasteiger partial charge >= 0.3 is 0 Å². The number of carbonyl (C=O) groups is 1. The van der Waals surface area contributed by atoms with Crippen LogP contribution in [-0.2, 0) is 0 Å². The number of halogens is 1. The molecule has 0 spiro atoms. The Morgan fingerprint density at radius 2 is 2.21 bits per heavy atom. The number of amides is 1. The van der Waals surface area contributed by atoms with Gasteiger partial charge in [-0.25, -0.2) is 9.50 Å². The number of fused-ring (bicyclic) bond motifs is 1. The number of imidazole rings is 1. The molecule has 2 aromatic heterocycles. The normalized spacial score (nSPS) is 10.8. The Morgan fingerprint density at radius 1 is 1.42 bits per heavy atom. The van der Waals surface area contributed by atoms with Gasteiger partial charge in [0.25, 0.3) is 5.91 Å². The van der Waals surface area contributed by atoms with E-state index < -0.39 is 0 Å². The smallest absolute Gasteiger partial charge is 0.276 e. The lowest BCUT2D eigenvalue weighted by Crippen LogP contribution is -2.12. The first-order valence-electron chi connectivity index (χ1n) is 5.52. The number of nitrogens with one attached hydrogen (secondary N) is 1. The Balaban J connectivity index is 1.87. The summed E-state index contributed by atoms with van der Waals surface area (Å²) in [6.45, 7) is 1.89. The van der Waals surface area contributed by atoms with E-state index in [-0.39, 0.29) is 5.91 Å². The molecule has 3 rings (SSSR count). The molecule has 0 aliphatic heterocycles. The second-order valence-corrected chi connectivity index (χ2v) is 5.48. The van der Waals surface area contributed by atoms with Crippen molar-refractivity contribution in [1.29, 1.82) is 0 Å². The van der Waals surface area contributed by atoms with Gasteiger partial charge in [0, 0.05) is 0 Å². The molecule has 0 fully saturated rings. The SMILES string of the molecule is Cc1nn2cc(C(=O)Nc3ccccc3Cl)nc2s1. The van der Waals surface area contributed by atoms with E-state index in [0.29, 0.717) is 21.4 Å². The molecule has 3 aromatic rings. The van der Waals surface area contributed by atoms with Crippen LogP contribution in [0.5, 0.6) is 0 Å². The van der Waals surface area contributed by atoms with Gasteiger partial charge in [-0.15, -0.1) is 0 Å². The molecule has 0 saturated carbocycles. The van der Waals surface area contributed by atoms with Crippen molar-refractivity contribution >= 4 is 39.5 Å². The van der Waals surface area contributed by atoms with Crippen molar-refractivity contribution in [2.45, 2.75) is 6.92 Å². The maximum absolute atomic E-state index is 12.1. The molecular formula is C12H9ClN4OS. The molecule has 0 saturated heterocycles. The fourth-order valence-corrected chi connectivity index (χ4v) is 2.57. The summed E-state index contributed by atoms with van der Waals surface area (Å²) < 4.78 is 1.60. The Morgan fingerprint density at radius 3 is 2.95 bits per heavy atom. The zero-order valence-corrected chi connectivity index (χ0v) is 11.5. The van der Waals surface area contributed by atoms with Crippen molar-refractivity contribution in [3.8, 4) is 0 Å². The number of hydrogen-bond acceptors (Lipinski definition) is 4. The standard InChI is InChI=1S/C12H9ClN4OS/c1-7-16-17-6-10(15-12(17)19-7)11(18)14-9-5-3-2-4-8(9)13/h2-6H,1H3,(H,14,18). The van der Waals surface area contributed by atoms with Crippen LogP contribution in [-0.4, -0.2) is 20.5 Å². The van der Waals surface area contributed by atoms with Crippen LogP contribution >= 0.6 is 22.9 Å². The van der Waals surface area contributed by atoms with E-state index in [1.165, 1.54) is 11.3 Å². The monoisotopic (exact) mass is 292 g/mol. The first-order chi connectivity index (χ1) is 9.13. The third-order valence-electron chi connectivity index (χ3n) is 2.50. The lowest BCUT2D eigenvalue weighted by atomic mass is 10.3. The number of aryl methyl sites for hydroxylation is 1. The zero-order valence-electron chi connectivity index (χ0n) is 9.92. The number of anilines is 1. The van der Waals surface area contributed by atoms with Crippen LogP contribution in [0.25, 0.3) is 4.96 Å². The predicted octanol–water partition coefficient (Wildman–Crippen LogP) is 3.00. The van der Waals surface area contributed by atoms with E-state index in [4.69, 9.17) is 11.6 Å². The third kappa shape index (κ3) is 2.32. The molecule has 2 heterocycles. The topological polar surface area (TPSA) is 59.3 Å². The molecule has 0 unspecified atom stereocenters. The number of benzene rings is 1. The highest BCUT2D eigenvalue weighted by Gasteiger charge is 2.14. The van der Waals surface area contributed by atoms with Gasteiger partial charge in [0.15, 0.2) is 0 Å². The molecule has 1 N–H and O–H groups in total. The fourth-order valence-electron chi connectivity index (χ4n) is 1.66.